The van der Waals surface area contributed by atoms with Crippen LogP contribution < -0.4 is 14.8 Å². The molecule has 0 atom stereocenters. The molecule has 1 aromatic heterocycles. The van der Waals surface area contributed by atoms with Crippen LogP contribution in [0.3, 0.4) is 0 Å². The number of hydrogen-bond acceptors (Lipinski definition) is 6. The molecular weight excluding hydrogens is 386 g/mol. The molecule has 0 saturated heterocycles. The van der Waals surface area contributed by atoms with Crippen LogP contribution in [-0.4, -0.2) is 26.4 Å². The van der Waals surface area contributed by atoms with Gasteiger partial charge in [0.25, 0.3) is 15.9 Å². The van der Waals surface area contributed by atoms with Crippen molar-refractivity contribution in [2.24, 2.45) is 0 Å². The number of anilines is 1. The summed E-state index contributed by atoms with van der Waals surface area (Å²) in [6, 6.07) is 15.3. The van der Waals surface area contributed by atoms with Gasteiger partial charge in [-0.1, -0.05) is 30.3 Å². The Bertz CT molecular complexity index is 1030. The van der Waals surface area contributed by atoms with E-state index in [4.69, 9.17) is 4.74 Å². The maximum absolute atomic E-state index is 12.3. The number of sulfonamides is 1. The van der Waals surface area contributed by atoms with E-state index in [1.807, 2.05) is 24.3 Å². The molecule has 0 saturated carbocycles. The number of rotatable bonds is 7. The fourth-order valence-electron chi connectivity index (χ4n) is 2.25. The summed E-state index contributed by atoms with van der Waals surface area (Å²) in [6.45, 7) is 0.304. The number of ether oxygens (including phenoxy) is 1. The normalized spacial score (nSPS) is 11.0. The van der Waals surface area contributed by atoms with E-state index in [1.165, 1.54) is 17.5 Å². The van der Waals surface area contributed by atoms with Gasteiger partial charge in [-0.3, -0.25) is 9.52 Å². The first-order chi connectivity index (χ1) is 13.0. The number of benzene rings is 2. The highest BCUT2D eigenvalue weighted by atomic mass is 32.2. The van der Waals surface area contributed by atoms with E-state index < -0.39 is 10.0 Å². The van der Waals surface area contributed by atoms with Crippen molar-refractivity contribution in [2.45, 2.75) is 11.4 Å². The molecule has 140 valence electrons. The molecule has 3 aromatic rings. The van der Waals surface area contributed by atoms with Gasteiger partial charge in [-0.15, -0.1) is 11.3 Å². The van der Waals surface area contributed by atoms with Crippen LogP contribution in [0.15, 0.2) is 64.9 Å². The van der Waals surface area contributed by atoms with E-state index in [0.717, 1.165) is 16.9 Å². The summed E-state index contributed by atoms with van der Waals surface area (Å²) in [7, 11) is -2.16. The van der Waals surface area contributed by atoms with Crippen molar-refractivity contribution in [3.05, 3.63) is 71.2 Å². The molecule has 27 heavy (non-hydrogen) atoms. The Kier molecular flexibility index (Phi) is 5.72. The van der Waals surface area contributed by atoms with E-state index >= 15 is 0 Å². The van der Waals surface area contributed by atoms with Gasteiger partial charge in [0.05, 0.1) is 12.0 Å². The molecule has 0 unspecified atom stereocenters. The first-order valence-corrected chi connectivity index (χ1v) is 10.3. The summed E-state index contributed by atoms with van der Waals surface area (Å²) in [5.41, 5.74) is 1.02. The lowest BCUT2D eigenvalue weighted by molar-refractivity contribution is 0.0946. The highest BCUT2D eigenvalue weighted by molar-refractivity contribution is 7.93. The van der Waals surface area contributed by atoms with Crippen molar-refractivity contribution in [1.82, 2.24) is 10.3 Å². The molecule has 0 fully saturated rings. The average molecular weight is 403 g/mol. The minimum atomic E-state index is -3.74. The lowest BCUT2D eigenvalue weighted by Gasteiger charge is -2.06. The number of thiazole rings is 1. The third-order valence-electron chi connectivity index (χ3n) is 3.60. The third kappa shape index (κ3) is 4.83. The molecule has 7 nitrogen and oxygen atoms in total. The van der Waals surface area contributed by atoms with Gasteiger partial charge in [-0.05, 0) is 29.8 Å². The molecule has 3 rings (SSSR count). The molecule has 1 heterocycles. The maximum Gasteiger partial charge on any atom is 0.271 e. The smallest absolute Gasteiger partial charge is 0.271 e. The van der Waals surface area contributed by atoms with Gasteiger partial charge in [0.15, 0.2) is 5.13 Å². The summed E-state index contributed by atoms with van der Waals surface area (Å²) >= 11 is 1.04. The van der Waals surface area contributed by atoms with Crippen LogP contribution >= 0.6 is 11.3 Å². The number of methoxy groups -OCH3 is 1. The minimum absolute atomic E-state index is 0.129. The highest BCUT2D eigenvalue weighted by Crippen LogP contribution is 2.20. The molecule has 2 aromatic carbocycles. The number of aromatic nitrogens is 1. The third-order valence-corrected chi connectivity index (χ3v) is 5.84. The van der Waals surface area contributed by atoms with Crippen LogP contribution in [0.25, 0.3) is 0 Å². The molecule has 2 N–H and O–H groups in total. The summed E-state index contributed by atoms with van der Waals surface area (Å²) in [5, 5.41) is 4.38. The monoisotopic (exact) mass is 403 g/mol. The van der Waals surface area contributed by atoms with Gasteiger partial charge in [0.1, 0.15) is 11.4 Å². The molecule has 0 aliphatic carbocycles. The topological polar surface area (TPSA) is 97.4 Å². The second kappa shape index (κ2) is 8.19. The standard InChI is InChI=1S/C18H17N3O4S2/c1-25-14-7-5-6-13(10-14)11-19-17(22)16-12-26-18(20-16)21-27(23,24)15-8-3-2-4-9-15/h2-10,12H,11H2,1H3,(H,19,22)(H,20,21). The Morgan fingerprint density at radius 3 is 2.67 bits per heavy atom. The Morgan fingerprint density at radius 1 is 1.15 bits per heavy atom. The molecule has 0 aliphatic rings. The van der Waals surface area contributed by atoms with Gasteiger partial charge in [0.2, 0.25) is 0 Å². The Labute approximate surface area is 161 Å². The van der Waals surface area contributed by atoms with E-state index in [2.05, 4.69) is 15.0 Å². The lowest BCUT2D eigenvalue weighted by atomic mass is 10.2. The molecule has 0 bridgehead atoms. The number of carbonyl (C=O) groups excluding carboxylic acids is 1. The Morgan fingerprint density at radius 2 is 1.93 bits per heavy atom. The van der Waals surface area contributed by atoms with E-state index in [0.29, 0.717) is 12.3 Å². The zero-order chi connectivity index (χ0) is 19.3. The van der Waals surface area contributed by atoms with Crippen LogP contribution in [0.5, 0.6) is 5.75 Å². The number of hydrogen-bond donors (Lipinski definition) is 2. The fourth-order valence-corrected chi connectivity index (χ4v) is 4.22. The fraction of sp³-hybridized carbons (Fsp3) is 0.111. The predicted molar refractivity (Wildman–Crippen MR) is 104 cm³/mol. The van der Waals surface area contributed by atoms with E-state index in [-0.39, 0.29) is 21.6 Å². The van der Waals surface area contributed by atoms with Crippen LogP contribution in [0.4, 0.5) is 5.13 Å². The van der Waals surface area contributed by atoms with Gasteiger partial charge in [0, 0.05) is 11.9 Å². The molecular formula is C18H17N3O4S2. The average Bonchev–Trinajstić information content (AvgIpc) is 3.15. The summed E-state index contributed by atoms with van der Waals surface area (Å²) in [6.07, 6.45) is 0. The van der Waals surface area contributed by atoms with Crippen molar-refractivity contribution in [2.75, 3.05) is 11.8 Å². The SMILES string of the molecule is COc1cccc(CNC(=O)c2csc(NS(=O)(=O)c3ccccc3)n2)c1. The second-order valence-corrected chi connectivity index (χ2v) is 8.03. The Hall–Kier alpha value is -2.91. The van der Waals surface area contributed by atoms with Crippen molar-refractivity contribution < 1.29 is 17.9 Å². The number of nitrogens with one attached hydrogen (secondary N) is 2. The maximum atomic E-state index is 12.3. The Balaban J connectivity index is 1.64. The van der Waals surface area contributed by atoms with Crippen molar-refractivity contribution in [1.29, 1.82) is 0 Å². The zero-order valence-corrected chi connectivity index (χ0v) is 16.0. The van der Waals surface area contributed by atoms with E-state index in [9.17, 15) is 13.2 Å². The van der Waals surface area contributed by atoms with Crippen molar-refractivity contribution in [3.63, 3.8) is 0 Å². The van der Waals surface area contributed by atoms with Crippen molar-refractivity contribution in [3.8, 4) is 5.75 Å². The van der Waals surface area contributed by atoms with Crippen LogP contribution in [0.1, 0.15) is 16.1 Å². The second-order valence-electron chi connectivity index (χ2n) is 5.49. The first kappa shape index (κ1) is 18.9. The zero-order valence-electron chi connectivity index (χ0n) is 14.4. The van der Waals surface area contributed by atoms with E-state index in [1.54, 1.807) is 25.3 Å². The lowest BCUT2D eigenvalue weighted by Crippen LogP contribution is -2.23. The summed E-state index contributed by atoms with van der Waals surface area (Å²) in [4.78, 5) is 16.4. The van der Waals surface area contributed by atoms with Crippen LogP contribution in [0, 0.1) is 0 Å². The van der Waals surface area contributed by atoms with Gasteiger partial charge in [-0.25, -0.2) is 13.4 Å². The van der Waals surface area contributed by atoms with Gasteiger partial charge < -0.3 is 10.1 Å². The minimum Gasteiger partial charge on any atom is -0.497 e. The molecule has 0 aliphatic heterocycles. The highest BCUT2D eigenvalue weighted by Gasteiger charge is 2.17. The van der Waals surface area contributed by atoms with Crippen LogP contribution in [0.2, 0.25) is 0 Å². The molecule has 0 spiro atoms. The molecule has 1 amide bonds. The predicted octanol–water partition coefficient (Wildman–Crippen LogP) is 2.88. The largest absolute Gasteiger partial charge is 0.497 e. The first-order valence-electron chi connectivity index (χ1n) is 7.92. The van der Waals surface area contributed by atoms with Crippen LogP contribution in [-0.2, 0) is 16.6 Å². The summed E-state index contributed by atoms with van der Waals surface area (Å²) < 4.78 is 32.1. The number of amides is 1. The van der Waals surface area contributed by atoms with Crippen molar-refractivity contribution >= 4 is 32.4 Å². The quantitative estimate of drug-likeness (QED) is 0.632. The molecule has 0 radical (unpaired) electrons. The molecule has 9 heteroatoms. The van der Waals surface area contributed by atoms with Gasteiger partial charge >= 0.3 is 0 Å². The number of nitrogens with zero attached hydrogens (tertiary/aromatic N) is 1. The number of carbonyl (C=O) groups is 1. The van der Waals surface area contributed by atoms with Gasteiger partial charge in [-0.2, -0.15) is 0 Å². The summed E-state index contributed by atoms with van der Waals surface area (Å²) in [5.74, 6) is 0.312.